The summed E-state index contributed by atoms with van der Waals surface area (Å²) in [5.74, 6) is -0.288. The second-order valence-corrected chi connectivity index (χ2v) is 4.35. The molecule has 0 saturated carbocycles. The summed E-state index contributed by atoms with van der Waals surface area (Å²) in [5.41, 5.74) is 1.66. The molecule has 0 unspecified atom stereocenters. The number of benzene rings is 1. The molecule has 1 aromatic carbocycles. The molecule has 2 N–H and O–H groups in total. The number of H-pyrrole nitrogens is 1. The molecule has 8 heteroatoms. The Hall–Kier alpha value is -2.90. The van der Waals surface area contributed by atoms with Crippen molar-refractivity contribution >= 4 is 11.6 Å². The second-order valence-electron chi connectivity index (χ2n) is 4.35. The molecule has 0 bridgehead atoms. The third-order valence-electron chi connectivity index (χ3n) is 3.01. The van der Waals surface area contributed by atoms with E-state index in [9.17, 15) is 14.9 Å². The molecule has 1 amide bonds. The molecule has 0 saturated heterocycles. The molecule has 1 aromatic heterocycles. The normalized spacial score (nSPS) is 10.2. The van der Waals surface area contributed by atoms with Gasteiger partial charge in [0, 0.05) is 29.4 Å². The highest BCUT2D eigenvalue weighted by Gasteiger charge is 2.18. The van der Waals surface area contributed by atoms with Gasteiger partial charge >= 0.3 is 5.69 Å². The number of ether oxygens (including phenoxy) is 1. The molecule has 0 aliphatic heterocycles. The minimum atomic E-state index is -0.587. The van der Waals surface area contributed by atoms with Gasteiger partial charge in [-0.15, -0.1) is 0 Å². The minimum Gasteiger partial charge on any atom is -0.490 e. The van der Waals surface area contributed by atoms with E-state index in [1.165, 1.54) is 25.3 Å². The van der Waals surface area contributed by atoms with E-state index < -0.39 is 10.8 Å². The molecule has 0 fully saturated rings. The lowest BCUT2D eigenvalue weighted by atomic mass is 10.1. The fourth-order valence-electron chi connectivity index (χ4n) is 1.81. The first kappa shape index (κ1) is 14.5. The highest BCUT2D eigenvalue weighted by molar-refractivity contribution is 5.95. The van der Waals surface area contributed by atoms with E-state index in [4.69, 9.17) is 4.74 Å². The number of nitro groups is 1. The predicted molar refractivity (Wildman–Crippen MR) is 74.1 cm³/mol. The number of hydrogen-bond acceptors (Lipinski definition) is 5. The van der Waals surface area contributed by atoms with Gasteiger partial charge < -0.3 is 10.1 Å². The third kappa shape index (κ3) is 3.16. The lowest BCUT2D eigenvalue weighted by Crippen LogP contribution is -2.23. The standard InChI is InChI=1S/C13H14N4O4/c1-8-10(7-15-16-8)6-14-13(18)9-3-4-12(21-2)11(5-9)17(19)20/h3-5,7H,6H2,1-2H3,(H,14,18)(H,15,16). The van der Waals surface area contributed by atoms with Crippen molar-refractivity contribution in [1.29, 1.82) is 0 Å². The van der Waals surface area contributed by atoms with Crippen LogP contribution in [0.4, 0.5) is 5.69 Å². The molecule has 2 rings (SSSR count). The van der Waals surface area contributed by atoms with Crippen molar-refractivity contribution < 1.29 is 14.5 Å². The summed E-state index contributed by atoms with van der Waals surface area (Å²) in [4.78, 5) is 22.4. The second kappa shape index (κ2) is 6.04. The summed E-state index contributed by atoms with van der Waals surface area (Å²) < 4.78 is 4.89. The molecular weight excluding hydrogens is 276 g/mol. The number of aromatic amines is 1. The smallest absolute Gasteiger partial charge is 0.311 e. The van der Waals surface area contributed by atoms with E-state index in [2.05, 4.69) is 15.5 Å². The average molecular weight is 290 g/mol. The molecule has 21 heavy (non-hydrogen) atoms. The van der Waals surface area contributed by atoms with Gasteiger partial charge in [0.25, 0.3) is 5.91 Å². The monoisotopic (exact) mass is 290 g/mol. The summed E-state index contributed by atoms with van der Waals surface area (Å²) in [7, 11) is 1.34. The third-order valence-corrected chi connectivity index (χ3v) is 3.01. The largest absolute Gasteiger partial charge is 0.490 e. The van der Waals surface area contributed by atoms with Gasteiger partial charge in [-0.1, -0.05) is 0 Å². The van der Waals surface area contributed by atoms with Gasteiger partial charge in [-0.25, -0.2) is 0 Å². The van der Waals surface area contributed by atoms with Crippen LogP contribution in [-0.2, 0) is 6.54 Å². The van der Waals surface area contributed by atoms with Crippen LogP contribution in [0.15, 0.2) is 24.4 Å². The Morgan fingerprint density at radius 2 is 2.29 bits per heavy atom. The zero-order valence-electron chi connectivity index (χ0n) is 11.5. The lowest BCUT2D eigenvalue weighted by Gasteiger charge is -2.06. The number of rotatable bonds is 5. The van der Waals surface area contributed by atoms with Crippen LogP contribution in [-0.4, -0.2) is 28.1 Å². The number of carbonyl (C=O) groups excluding carboxylic acids is 1. The molecule has 8 nitrogen and oxygen atoms in total. The minimum absolute atomic E-state index is 0.113. The number of hydrogen-bond donors (Lipinski definition) is 2. The molecule has 0 aliphatic carbocycles. The summed E-state index contributed by atoms with van der Waals surface area (Å²) in [6.45, 7) is 2.13. The van der Waals surface area contributed by atoms with Crippen molar-refractivity contribution in [2.75, 3.05) is 7.11 Å². The number of nitro benzene ring substituents is 1. The Balaban J connectivity index is 2.14. The molecule has 1 heterocycles. The summed E-state index contributed by atoms with van der Waals surface area (Å²) >= 11 is 0. The van der Waals surface area contributed by atoms with Crippen LogP contribution in [0.5, 0.6) is 5.75 Å². The first-order valence-electron chi connectivity index (χ1n) is 6.12. The van der Waals surface area contributed by atoms with Gasteiger partial charge in [0.05, 0.1) is 18.2 Å². The highest BCUT2D eigenvalue weighted by atomic mass is 16.6. The van der Waals surface area contributed by atoms with Crippen molar-refractivity contribution in [2.45, 2.75) is 13.5 Å². The molecule has 0 radical (unpaired) electrons. The van der Waals surface area contributed by atoms with Crippen molar-refractivity contribution in [3.05, 3.63) is 51.3 Å². The Bertz CT molecular complexity index is 681. The number of methoxy groups -OCH3 is 1. The molecule has 0 atom stereocenters. The summed E-state index contributed by atoms with van der Waals surface area (Å²) in [6, 6.07) is 4.07. The van der Waals surface area contributed by atoms with Gasteiger partial charge in [-0.2, -0.15) is 5.10 Å². The van der Waals surface area contributed by atoms with Crippen LogP contribution >= 0.6 is 0 Å². The zero-order valence-corrected chi connectivity index (χ0v) is 11.5. The Morgan fingerprint density at radius 3 is 2.86 bits per heavy atom. The van der Waals surface area contributed by atoms with E-state index in [0.29, 0.717) is 6.54 Å². The van der Waals surface area contributed by atoms with Crippen LogP contribution < -0.4 is 10.1 Å². The maximum atomic E-state index is 12.0. The van der Waals surface area contributed by atoms with Crippen molar-refractivity contribution in [2.24, 2.45) is 0 Å². The van der Waals surface area contributed by atoms with Gasteiger partial charge in [0.1, 0.15) is 0 Å². The van der Waals surface area contributed by atoms with E-state index in [1.54, 1.807) is 6.20 Å². The number of amides is 1. The van der Waals surface area contributed by atoms with Gasteiger partial charge in [0.2, 0.25) is 0 Å². The lowest BCUT2D eigenvalue weighted by molar-refractivity contribution is -0.385. The highest BCUT2D eigenvalue weighted by Crippen LogP contribution is 2.27. The Kier molecular flexibility index (Phi) is 4.17. The van der Waals surface area contributed by atoms with Crippen molar-refractivity contribution in [1.82, 2.24) is 15.5 Å². The van der Waals surface area contributed by atoms with Crippen LogP contribution in [0.1, 0.15) is 21.6 Å². The van der Waals surface area contributed by atoms with E-state index in [-0.39, 0.29) is 17.0 Å². The molecule has 0 aliphatic rings. The number of nitrogens with zero attached hydrogens (tertiary/aromatic N) is 2. The Labute approximate surface area is 120 Å². The van der Waals surface area contributed by atoms with E-state index in [1.807, 2.05) is 6.92 Å². The maximum Gasteiger partial charge on any atom is 0.311 e. The maximum absolute atomic E-state index is 12.0. The first-order chi connectivity index (χ1) is 10.0. The predicted octanol–water partition coefficient (Wildman–Crippen LogP) is 1.56. The zero-order chi connectivity index (χ0) is 15.4. The van der Waals surface area contributed by atoms with Crippen LogP contribution in [0.3, 0.4) is 0 Å². The van der Waals surface area contributed by atoms with Gasteiger partial charge in [-0.05, 0) is 19.1 Å². The number of aromatic nitrogens is 2. The van der Waals surface area contributed by atoms with Crippen LogP contribution in [0.25, 0.3) is 0 Å². The van der Waals surface area contributed by atoms with Crippen LogP contribution in [0.2, 0.25) is 0 Å². The van der Waals surface area contributed by atoms with E-state index in [0.717, 1.165) is 11.3 Å². The number of nitrogens with one attached hydrogen (secondary N) is 2. The quantitative estimate of drug-likeness (QED) is 0.641. The van der Waals surface area contributed by atoms with E-state index >= 15 is 0 Å². The molecule has 110 valence electrons. The fraction of sp³-hybridized carbons (Fsp3) is 0.231. The topological polar surface area (TPSA) is 110 Å². The SMILES string of the molecule is COc1ccc(C(=O)NCc2cn[nH]c2C)cc1[N+](=O)[O-]. The summed E-state index contributed by atoms with van der Waals surface area (Å²) in [6.07, 6.45) is 1.62. The summed E-state index contributed by atoms with van der Waals surface area (Å²) in [5, 5.41) is 20.2. The Morgan fingerprint density at radius 1 is 1.52 bits per heavy atom. The van der Waals surface area contributed by atoms with Crippen molar-refractivity contribution in [3.63, 3.8) is 0 Å². The van der Waals surface area contributed by atoms with Gasteiger partial charge in [-0.3, -0.25) is 20.0 Å². The molecular formula is C13H14N4O4. The van der Waals surface area contributed by atoms with Gasteiger partial charge in [0.15, 0.2) is 5.75 Å². The first-order valence-corrected chi connectivity index (χ1v) is 6.12. The average Bonchev–Trinajstić information content (AvgIpc) is 2.89. The number of carbonyl (C=O) groups is 1. The molecule has 2 aromatic rings. The number of aryl methyl sites for hydroxylation is 1. The van der Waals surface area contributed by atoms with Crippen molar-refractivity contribution in [3.8, 4) is 5.75 Å². The fourth-order valence-corrected chi connectivity index (χ4v) is 1.81. The van der Waals surface area contributed by atoms with Crippen LogP contribution in [0, 0.1) is 17.0 Å². The molecule has 0 spiro atoms.